The molecule has 0 fully saturated rings. The zero-order chi connectivity index (χ0) is 20.4. The van der Waals surface area contributed by atoms with E-state index in [-0.39, 0.29) is 29.4 Å². The maximum atomic E-state index is 12.5. The molecule has 150 valence electrons. The lowest BCUT2D eigenvalue weighted by Gasteiger charge is -2.09. The van der Waals surface area contributed by atoms with Gasteiger partial charge in [0.05, 0.1) is 10.3 Å². The third kappa shape index (κ3) is 3.97. The van der Waals surface area contributed by atoms with Gasteiger partial charge >= 0.3 is 11.7 Å². The molecule has 3 aromatic rings. The van der Waals surface area contributed by atoms with Gasteiger partial charge in [0.2, 0.25) is 0 Å². The lowest BCUT2D eigenvalue weighted by Crippen LogP contribution is -2.18. The van der Waals surface area contributed by atoms with Crippen molar-refractivity contribution in [3.63, 3.8) is 0 Å². The molecule has 0 radical (unpaired) electrons. The summed E-state index contributed by atoms with van der Waals surface area (Å²) in [6.07, 6.45) is 4.03. The molecule has 1 N–H and O–H groups in total. The number of H-pyrrole nitrogens is 1. The number of nitrogens with one attached hydrogen (secondary N) is 1. The monoisotopic (exact) mass is 415 g/mol. The van der Waals surface area contributed by atoms with Crippen LogP contribution in [0.25, 0.3) is 10.2 Å². The molecule has 0 saturated carbocycles. The van der Waals surface area contributed by atoms with Gasteiger partial charge in [-0.2, -0.15) is 0 Å². The van der Waals surface area contributed by atoms with Crippen LogP contribution in [-0.4, -0.2) is 27.5 Å². The molecular weight excluding hydrogens is 398 g/mol. The second-order valence-electron chi connectivity index (χ2n) is 6.58. The van der Waals surface area contributed by atoms with E-state index in [9.17, 15) is 19.7 Å². The Morgan fingerprint density at radius 2 is 2.07 bits per heavy atom. The van der Waals surface area contributed by atoms with E-state index in [1.54, 1.807) is 6.07 Å². The highest BCUT2D eigenvalue weighted by Gasteiger charge is 2.20. The number of nitro groups is 1. The minimum Gasteiger partial charge on any atom is -0.475 e. The maximum absolute atomic E-state index is 12.5. The largest absolute Gasteiger partial charge is 0.475 e. The van der Waals surface area contributed by atoms with Gasteiger partial charge in [-0.1, -0.05) is 12.1 Å². The molecule has 0 amide bonds. The average Bonchev–Trinajstić information content (AvgIpc) is 3.09. The smallest absolute Gasteiger partial charge is 0.344 e. The Hall–Kier alpha value is -3.27. The number of hydrogen-bond acceptors (Lipinski definition) is 8. The van der Waals surface area contributed by atoms with Crippen LogP contribution in [0.3, 0.4) is 0 Å². The number of benzene rings is 1. The number of fused-ring (bicyclic) bond motifs is 3. The van der Waals surface area contributed by atoms with Crippen LogP contribution in [0.5, 0.6) is 5.75 Å². The first kappa shape index (κ1) is 19.1. The van der Waals surface area contributed by atoms with Crippen molar-refractivity contribution < 1.29 is 19.2 Å². The van der Waals surface area contributed by atoms with E-state index < -0.39 is 17.5 Å². The molecular formula is C19H17N3O6S. The number of para-hydroxylation sites is 2. The summed E-state index contributed by atoms with van der Waals surface area (Å²) in [5, 5.41) is 11.6. The number of aromatic amines is 1. The molecule has 0 atom stereocenters. The molecule has 9 nitrogen and oxygen atoms in total. The Labute approximate surface area is 168 Å². The summed E-state index contributed by atoms with van der Waals surface area (Å²) >= 11 is 1.51. The van der Waals surface area contributed by atoms with Gasteiger partial charge in [0.25, 0.3) is 5.56 Å². The number of esters is 1. The molecule has 29 heavy (non-hydrogen) atoms. The van der Waals surface area contributed by atoms with Gasteiger partial charge in [-0.25, -0.2) is 9.78 Å². The Bertz CT molecular complexity index is 1150. The second kappa shape index (κ2) is 8.00. The predicted octanol–water partition coefficient (Wildman–Crippen LogP) is 2.89. The van der Waals surface area contributed by atoms with Crippen LogP contribution >= 0.6 is 11.3 Å². The molecule has 0 saturated heterocycles. The number of thiophene rings is 1. The van der Waals surface area contributed by atoms with Crippen molar-refractivity contribution in [3.8, 4) is 5.75 Å². The van der Waals surface area contributed by atoms with Crippen LogP contribution in [0.1, 0.15) is 29.1 Å². The summed E-state index contributed by atoms with van der Waals surface area (Å²) in [7, 11) is 0. The summed E-state index contributed by atoms with van der Waals surface area (Å²) in [6.45, 7) is -0.711. The molecule has 2 aromatic heterocycles. The van der Waals surface area contributed by atoms with Gasteiger partial charge in [0.15, 0.2) is 12.4 Å². The standard InChI is InChI=1S/C19H17N3O6S/c23-16(10-27-13-7-3-2-6-12(13)22(25)26)28-9-15-20-18(24)17-11-5-1-4-8-14(11)29-19(17)21-15/h2-3,6-7H,1,4-5,8-10H2,(H,20,21,24). The SMILES string of the molecule is O=C(COc1ccccc1[N+](=O)[O-])OCc1nc2sc3c(c2c(=O)[nH]1)CCCC3. The van der Waals surface area contributed by atoms with E-state index in [4.69, 9.17) is 9.47 Å². The number of nitro benzene ring substituents is 1. The van der Waals surface area contributed by atoms with Gasteiger partial charge in [0, 0.05) is 10.9 Å². The van der Waals surface area contributed by atoms with Crippen molar-refractivity contribution in [1.82, 2.24) is 9.97 Å². The number of rotatable bonds is 6. The van der Waals surface area contributed by atoms with Gasteiger partial charge in [0.1, 0.15) is 17.3 Å². The van der Waals surface area contributed by atoms with E-state index in [1.165, 1.54) is 34.4 Å². The quantitative estimate of drug-likeness (QED) is 0.373. The fourth-order valence-corrected chi connectivity index (χ4v) is 4.61. The molecule has 0 unspecified atom stereocenters. The molecule has 0 spiro atoms. The zero-order valence-electron chi connectivity index (χ0n) is 15.3. The Morgan fingerprint density at radius 3 is 2.90 bits per heavy atom. The fourth-order valence-electron chi connectivity index (χ4n) is 3.33. The Kier molecular flexibility index (Phi) is 5.26. The zero-order valence-corrected chi connectivity index (χ0v) is 16.1. The van der Waals surface area contributed by atoms with Crippen molar-refractivity contribution in [1.29, 1.82) is 0 Å². The molecule has 2 heterocycles. The third-order valence-corrected chi connectivity index (χ3v) is 5.84. The first-order valence-electron chi connectivity index (χ1n) is 9.08. The van der Waals surface area contributed by atoms with Crippen LogP contribution < -0.4 is 10.3 Å². The van der Waals surface area contributed by atoms with Crippen LogP contribution in [0.15, 0.2) is 29.1 Å². The van der Waals surface area contributed by atoms with Crippen molar-refractivity contribution in [2.24, 2.45) is 0 Å². The molecule has 10 heteroatoms. The number of carbonyl (C=O) groups is 1. The molecule has 0 aliphatic heterocycles. The van der Waals surface area contributed by atoms with Crippen molar-refractivity contribution >= 4 is 33.2 Å². The normalized spacial score (nSPS) is 13.1. The second-order valence-corrected chi connectivity index (χ2v) is 7.66. The number of carbonyl (C=O) groups excluding carboxylic acids is 1. The molecule has 1 aliphatic carbocycles. The van der Waals surface area contributed by atoms with Crippen LogP contribution in [0.2, 0.25) is 0 Å². The number of aromatic nitrogens is 2. The first-order valence-corrected chi connectivity index (χ1v) is 9.90. The summed E-state index contributed by atoms with van der Waals surface area (Å²) < 4.78 is 10.3. The summed E-state index contributed by atoms with van der Waals surface area (Å²) in [5.74, 6) is -0.497. The fraction of sp³-hybridized carbons (Fsp3) is 0.316. The Balaban J connectivity index is 1.41. The minimum absolute atomic E-state index is 0.0217. The highest BCUT2D eigenvalue weighted by molar-refractivity contribution is 7.18. The van der Waals surface area contributed by atoms with Crippen LogP contribution in [-0.2, 0) is 29.0 Å². The molecule has 4 rings (SSSR count). The molecule has 0 bridgehead atoms. The maximum Gasteiger partial charge on any atom is 0.344 e. The van der Waals surface area contributed by atoms with Gasteiger partial charge in [-0.15, -0.1) is 11.3 Å². The van der Waals surface area contributed by atoms with E-state index in [0.717, 1.165) is 31.2 Å². The van der Waals surface area contributed by atoms with Crippen molar-refractivity contribution in [2.45, 2.75) is 32.3 Å². The topological polar surface area (TPSA) is 124 Å². The average molecular weight is 415 g/mol. The summed E-state index contributed by atoms with van der Waals surface area (Å²) in [6, 6.07) is 5.75. The minimum atomic E-state index is -0.726. The van der Waals surface area contributed by atoms with Crippen LogP contribution in [0.4, 0.5) is 5.69 Å². The summed E-state index contributed by atoms with van der Waals surface area (Å²) in [4.78, 5) is 43.7. The highest BCUT2D eigenvalue weighted by atomic mass is 32.1. The lowest BCUT2D eigenvalue weighted by molar-refractivity contribution is -0.385. The van der Waals surface area contributed by atoms with Gasteiger partial charge in [-0.05, 0) is 37.3 Å². The van der Waals surface area contributed by atoms with E-state index in [1.807, 2.05) is 0 Å². The van der Waals surface area contributed by atoms with Crippen molar-refractivity contribution in [2.75, 3.05) is 6.61 Å². The third-order valence-electron chi connectivity index (χ3n) is 4.65. The molecule has 1 aromatic carbocycles. The molecule has 1 aliphatic rings. The summed E-state index contributed by atoms with van der Waals surface area (Å²) in [5.41, 5.74) is 0.626. The number of hydrogen-bond donors (Lipinski definition) is 1. The van der Waals surface area contributed by atoms with E-state index >= 15 is 0 Å². The first-order chi connectivity index (χ1) is 14.0. The Morgan fingerprint density at radius 1 is 1.28 bits per heavy atom. The number of nitrogens with zero attached hydrogens (tertiary/aromatic N) is 2. The van der Waals surface area contributed by atoms with E-state index in [0.29, 0.717) is 10.2 Å². The van der Waals surface area contributed by atoms with E-state index in [2.05, 4.69) is 9.97 Å². The highest BCUT2D eigenvalue weighted by Crippen LogP contribution is 2.33. The van der Waals surface area contributed by atoms with Crippen molar-refractivity contribution in [3.05, 3.63) is 61.0 Å². The van der Waals surface area contributed by atoms with Crippen LogP contribution in [0, 0.1) is 10.1 Å². The number of ether oxygens (including phenoxy) is 2. The predicted molar refractivity (Wildman–Crippen MR) is 105 cm³/mol. The lowest BCUT2D eigenvalue weighted by atomic mass is 9.97. The van der Waals surface area contributed by atoms with Gasteiger partial charge in [-0.3, -0.25) is 14.9 Å². The number of aryl methyl sites for hydroxylation is 2. The van der Waals surface area contributed by atoms with Gasteiger partial charge < -0.3 is 14.5 Å².